The van der Waals surface area contributed by atoms with Crippen LogP contribution in [0.5, 0.6) is 0 Å². The minimum atomic E-state index is -0.246. The number of aryl methyl sites for hydroxylation is 1. The molecular formula is C22H20FN5. The molecule has 0 aliphatic heterocycles. The monoisotopic (exact) mass is 373 g/mol. The van der Waals surface area contributed by atoms with Crippen molar-refractivity contribution < 1.29 is 4.39 Å². The van der Waals surface area contributed by atoms with Gasteiger partial charge in [-0.25, -0.2) is 14.1 Å². The molecule has 0 radical (unpaired) electrons. The molecule has 1 aromatic carbocycles. The van der Waals surface area contributed by atoms with E-state index in [4.69, 9.17) is 5.10 Å². The highest BCUT2D eigenvalue weighted by Crippen LogP contribution is 2.27. The summed E-state index contributed by atoms with van der Waals surface area (Å²) in [4.78, 5) is 8.82. The van der Waals surface area contributed by atoms with Gasteiger partial charge in [-0.3, -0.25) is 4.98 Å². The first-order valence-electron chi connectivity index (χ1n) is 9.06. The number of rotatable bonds is 5. The Morgan fingerprint density at radius 2 is 1.86 bits per heavy atom. The molecule has 3 heterocycles. The molecule has 0 amide bonds. The lowest BCUT2D eigenvalue weighted by Crippen LogP contribution is -2.08. The lowest BCUT2D eigenvalue weighted by atomic mass is 10.1. The first kappa shape index (κ1) is 17.9. The van der Waals surface area contributed by atoms with Crippen LogP contribution in [0.1, 0.15) is 24.2 Å². The van der Waals surface area contributed by atoms with E-state index < -0.39 is 0 Å². The van der Waals surface area contributed by atoms with Crippen LogP contribution >= 0.6 is 0 Å². The van der Waals surface area contributed by atoms with Gasteiger partial charge in [0.25, 0.3) is 0 Å². The number of aromatic nitrogens is 4. The summed E-state index contributed by atoms with van der Waals surface area (Å²) < 4.78 is 15.0. The van der Waals surface area contributed by atoms with Crippen LogP contribution in [-0.2, 0) is 0 Å². The van der Waals surface area contributed by atoms with Crippen LogP contribution in [0.15, 0.2) is 73.1 Å². The Bertz CT molecular complexity index is 1070. The maximum Gasteiger partial charge on any atom is 0.154 e. The molecule has 0 bridgehead atoms. The fraction of sp³-hybridized carbons (Fsp3) is 0.136. The highest BCUT2D eigenvalue weighted by molar-refractivity contribution is 5.65. The minimum Gasteiger partial charge on any atom is -0.362 e. The zero-order valence-electron chi connectivity index (χ0n) is 15.7. The smallest absolute Gasteiger partial charge is 0.154 e. The third kappa shape index (κ3) is 3.76. The predicted molar refractivity (Wildman–Crippen MR) is 108 cm³/mol. The number of anilines is 1. The summed E-state index contributed by atoms with van der Waals surface area (Å²) in [7, 11) is 0. The average molecular weight is 373 g/mol. The summed E-state index contributed by atoms with van der Waals surface area (Å²) >= 11 is 0. The summed E-state index contributed by atoms with van der Waals surface area (Å²) in [6.07, 6.45) is 3.54. The van der Waals surface area contributed by atoms with E-state index in [0.717, 1.165) is 28.3 Å². The molecule has 1 N–H and O–H groups in total. The van der Waals surface area contributed by atoms with Crippen LogP contribution in [0.3, 0.4) is 0 Å². The molecule has 4 aromatic rings. The van der Waals surface area contributed by atoms with Gasteiger partial charge in [0.2, 0.25) is 0 Å². The van der Waals surface area contributed by atoms with Gasteiger partial charge in [0.1, 0.15) is 11.6 Å². The molecule has 5 nitrogen and oxygen atoms in total. The first-order chi connectivity index (χ1) is 13.6. The maximum atomic E-state index is 13.2. The number of nitrogens with one attached hydrogen (secondary N) is 1. The van der Waals surface area contributed by atoms with Gasteiger partial charge >= 0.3 is 0 Å². The third-order valence-electron chi connectivity index (χ3n) is 4.49. The Morgan fingerprint density at radius 1 is 1.04 bits per heavy atom. The molecule has 4 rings (SSSR count). The van der Waals surface area contributed by atoms with E-state index in [1.807, 2.05) is 54.9 Å². The highest BCUT2D eigenvalue weighted by atomic mass is 19.1. The van der Waals surface area contributed by atoms with Crippen LogP contribution in [0.2, 0.25) is 0 Å². The minimum absolute atomic E-state index is 0.0313. The van der Waals surface area contributed by atoms with Crippen LogP contribution < -0.4 is 5.32 Å². The average Bonchev–Trinajstić information content (AvgIpc) is 3.13. The Kier molecular flexibility index (Phi) is 4.85. The molecule has 140 valence electrons. The lowest BCUT2D eigenvalue weighted by Gasteiger charge is -2.13. The van der Waals surface area contributed by atoms with Crippen molar-refractivity contribution in [2.24, 2.45) is 0 Å². The standard InChI is InChI=1S/C22H20FN5/c1-15-5-3-7-22(25-15)28-20(18-6-4-12-24-14-18)13-21(27-28)26-16(2)17-8-10-19(23)11-9-17/h3-14,16H,1-2H3,(H,26,27). The number of halogens is 1. The quantitative estimate of drug-likeness (QED) is 0.538. The number of hydrogen-bond acceptors (Lipinski definition) is 4. The predicted octanol–water partition coefficient (Wildman–Crippen LogP) is 4.95. The topological polar surface area (TPSA) is 55.6 Å². The summed E-state index contributed by atoms with van der Waals surface area (Å²) in [5, 5.41) is 8.11. The van der Waals surface area contributed by atoms with E-state index in [1.54, 1.807) is 24.5 Å². The van der Waals surface area contributed by atoms with Gasteiger partial charge in [0, 0.05) is 29.7 Å². The highest BCUT2D eigenvalue weighted by Gasteiger charge is 2.15. The fourth-order valence-corrected chi connectivity index (χ4v) is 3.05. The molecule has 0 fully saturated rings. The largest absolute Gasteiger partial charge is 0.362 e. The fourth-order valence-electron chi connectivity index (χ4n) is 3.05. The lowest BCUT2D eigenvalue weighted by molar-refractivity contribution is 0.626. The van der Waals surface area contributed by atoms with Crippen LogP contribution in [-0.4, -0.2) is 19.7 Å². The van der Waals surface area contributed by atoms with Gasteiger partial charge < -0.3 is 5.32 Å². The van der Waals surface area contributed by atoms with Crippen molar-refractivity contribution in [3.8, 4) is 17.1 Å². The Morgan fingerprint density at radius 3 is 2.57 bits per heavy atom. The molecule has 0 spiro atoms. The summed E-state index contributed by atoms with van der Waals surface area (Å²) in [5.41, 5.74) is 3.73. The second-order valence-electron chi connectivity index (χ2n) is 6.62. The molecule has 0 aliphatic rings. The summed E-state index contributed by atoms with van der Waals surface area (Å²) in [6, 6.07) is 18.1. The molecule has 3 aromatic heterocycles. The molecule has 0 aliphatic carbocycles. The Labute approximate surface area is 162 Å². The molecule has 1 atom stereocenters. The summed E-state index contributed by atoms with van der Waals surface area (Å²) in [5.74, 6) is 1.20. The zero-order valence-corrected chi connectivity index (χ0v) is 15.7. The molecular weight excluding hydrogens is 353 g/mol. The summed E-state index contributed by atoms with van der Waals surface area (Å²) in [6.45, 7) is 3.97. The second kappa shape index (κ2) is 7.60. The maximum absolute atomic E-state index is 13.2. The molecule has 0 saturated carbocycles. The SMILES string of the molecule is Cc1cccc(-n2nc(NC(C)c3ccc(F)cc3)cc2-c2cccnc2)n1. The van der Waals surface area contributed by atoms with Crippen molar-refractivity contribution in [2.45, 2.75) is 19.9 Å². The van der Waals surface area contributed by atoms with Gasteiger partial charge in [-0.05, 0) is 55.8 Å². The zero-order chi connectivity index (χ0) is 19.5. The van der Waals surface area contributed by atoms with Crippen molar-refractivity contribution in [3.05, 3.63) is 90.1 Å². The van der Waals surface area contributed by atoms with E-state index in [0.29, 0.717) is 5.82 Å². The van der Waals surface area contributed by atoms with E-state index in [9.17, 15) is 4.39 Å². The van der Waals surface area contributed by atoms with Gasteiger partial charge in [0.05, 0.1) is 11.7 Å². The van der Waals surface area contributed by atoms with Crippen LogP contribution in [0.4, 0.5) is 10.2 Å². The van der Waals surface area contributed by atoms with E-state index in [-0.39, 0.29) is 11.9 Å². The van der Waals surface area contributed by atoms with Gasteiger partial charge in [-0.1, -0.05) is 18.2 Å². The number of hydrogen-bond donors (Lipinski definition) is 1. The molecule has 28 heavy (non-hydrogen) atoms. The van der Waals surface area contributed by atoms with E-state index in [1.165, 1.54) is 12.1 Å². The van der Waals surface area contributed by atoms with Gasteiger partial charge in [-0.15, -0.1) is 5.10 Å². The number of benzene rings is 1. The second-order valence-corrected chi connectivity index (χ2v) is 6.62. The van der Waals surface area contributed by atoms with Gasteiger partial charge in [0.15, 0.2) is 5.82 Å². The normalized spacial score (nSPS) is 12.0. The van der Waals surface area contributed by atoms with E-state index in [2.05, 4.69) is 15.3 Å². The molecule has 1 unspecified atom stereocenters. The van der Waals surface area contributed by atoms with Gasteiger partial charge in [-0.2, -0.15) is 0 Å². The van der Waals surface area contributed by atoms with Crippen molar-refractivity contribution >= 4 is 5.82 Å². The van der Waals surface area contributed by atoms with E-state index >= 15 is 0 Å². The first-order valence-corrected chi connectivity index (χ1v) is 9.06. The van der Waals surface area contributed by atoms with Crippen molar-refractivity contribution in [1.29, 1.82) is 0 Å². The van der Waals surface area contributed by atoms with Crippen molar-refractivity contribution in [1.82, 2.24) is 19.7 Å². The van der Waals surface area contributed by atoms with Crippen LogP contribution in [0, 0.1) is 12.7 Å². The van der Waals surface area contributed by atoms with Crippen molar-refractivity contribution in [3.63, 3.8) is 0 Å². The third-order valence-corrected chi connectivity index (χ3v) is 4.49. The number of pyridine rings is 2. The molecule has 0 saturated heterocycles. The van der Waals surface area contributed by atoms with Crippen molar-refractivity contribution in [2.75, 3.05) is 5.32 Å². The Hall–Kier alpha value is -3.54. The number of nitrogens with zero attached hydrogens (tertiary/aromatic N) is 4. The van der Waals surface area contributed by atoms with Crippen LogP contribution in [0.25, 0.3) is 17.1 Å². The Balaban J connectivity index is 1.72. The molecule has 6 heteroatoms.